The van der Waals surface area contributed by atoms with Crippen LogP contribution in [-0.2, 0) is 9.53 Å². The van der Waals surface area contributed by atoms with Gasteiger partial charge in [-0.15, -0.1) is 0 Å². The molecular formula is C12H22O2. The molecule has 0 saturated carbocycles. The molecule has 0 aliphatic rings. The monoisotopic (exact) mass is 198 g/mol. The van der Waals surface area contributed by atoms with Crippen molar-refractivity contribution in [2.75, 3.05) is 7.11 Å². The van der Waals surface area contributed by atoms with E-state index in [1.807, 2.05) is 6.08 Å². The van der Waals surface area contributed by atoms with Gasteiger partial charge in [0.2, 0.25) is 0 Å². The van der Waals surface area contributed by atoms with Crippen molar-refractivity contribution in [1.82, 2.24) is 0 Å². The molecule has 0 fully saturated rings. The van der Waals surface area contributed by atoms with Gasteiger partial charge in [-0.05, 0) is 19.3 Å². The highest BCUT2D eigenvalue weighted by Crippen LogP contribution is 2.10. The molecule has 0 atom stereocenters. The molecular weight excluding hydrogens is 176 g/mol. The number of hydrogen-bond donors (Lipinski definition) is 0. The van der Waals surface area contributed by atoms with E-state index in [0.29, 0.717) is 0 Å². The lowest BCUT2D eigenvalue weighted by Crippen LogP contribution is -2.04. The first-order chi connectivity index (χ1) is 6.76. The normalized spacial score (nSPS) is 11.5. The van der Waals surface area contributed by atoms with Crippen LogP contribution in [0.15, 0.2) is 11.6 Å². The van der Waals surface area contributed by atoms with E-state index in [1.165, 1.54) is 26.4 Å². The van der Waals surface area contributed by atoms with Crippen molar-refractivity contribution in [3.8, 4) is 0 Å². The Kier molecular flexibility index (Phi) is 8.30. The summed E-state index contributed by atoms with van der Waals surface area (Å²) in [6.07, 6.45) is 8.48. The predicted molar refractivity (Wildman–Crippen MR) is 59.1 cm³/mol. The summed E-state index contributed by atoms with van der Waals surface area (Å²) in [7, 11) is 1.44. The molecule has 0 heterocycles. The number of carbonyl (C=O) groups excluding carboxylic acids is 1. The molecule has 0 N–H and O–H groups in total. The van der Waals surface area contributed by atoms with Crippen molar-refractivity contribution in [3.05, 3.63) is 11.6 Å². The quantitative estimate of drug-likeness (QED) is 0.356. The summed E-state index contributed by atoms with van der Waals surface area (Å²) in [5.74, 6) is -0.164. The molecule has 14 heavy (non-hydrogen) atoms. The molecule has 0 aromatic heterocycles. The van der Waals surface area contributed by atoms with Crippen molar-refractivity contribution < 1.29 is 9.53 Å². The third kappa shape index (κ3) is 5.79. The Balaban J connectivity index is 3.98. The van der Waals surface area contributed by atoms with Crippen molar-refractivity contribution in [2.45, 2.75) is 52.4 Å². The summed E-state index contributed by atoms with van der Waals surface area (Å²) in [4.78, 5) is 11.3. The average Bonchev–Trinajstić information content (AvgIpc) is 2.21. The standard InChI is InChI=1S/C12H22O2/c1-4-6-7-8-10-11(9-5-2)12(13)14-3/h10H,4-9H2,1-3H3/b11-10+. The number of allylic oxidation sites excluding steroid dienone is 1. The molecule has 0 aromatic rings. The second kappa shape index (κ2) is 8.79. The third-order valence-corrected chi connectivity index (χ3v) is 2.17. The minimum Gasteiger partial charge on any atom is -0.466 e. The first kappa shape index (κ1) is 13.2. The molecule has 0 rings (SSSR count). The summed E-state index contributed by atoms with van der Waals surface area (Å²) >= 11 is 0. The molecule has 2 heteroatoms. The van der Waals surface area contributed by atoms with Gasteiger partial charge in [0, 0.05) is 5.57 Å². The fraction of sp³-hybridized carbons (Fsp3) is 0.750. The molecule has 0 aromatic carbocycles. The summed E-state index contributed by atoms with van der Waals surface area (Å²) in [6, 6.07) is 0. The van der Waals surface area contributed by atoms with Crippen molar-refractivity contribution in [3.63, 3.8) is 0 Å². The lowest BCUT2D eigenvalue weighted by atomic mass is 10.1. The van der Waals surface area contributed by atoms with Crippen LogP contribution in [-0.4, -0.2) is 13.1 Å². The summed E-state index contributed by atoms with van der Waals surface area (Å²) in [5.41, 5.74) is 0.839. The molecule has 0 amide bonds. The summed E-state index contributed by atoms with van der Waals surface area (Å²) in [5, 5.41) is 0. The van der Waals surface area contributed by atoms with Crippen LogP contribution in [0.2, 0.25) is 0 Å². The fourth-order valence-electron chi connectivity index (χ4n) is 1.36. The van der Waals surface area contributed by atoms with Crippen LogP contribution in [0.5, 0.6) is 0 Å². The predicted octanol–water partition coefficient (Wildman–Crippen LogP) is 3.47. The smallest absolute Gasteiger partial charge is 0.333 e. The van der Waals surface area contributed by atoms with Gasteiger partial charge in [-0.2, -0.15) is 0 Å². The lowest BCUT2D eigenvalue weighted by Gasteiger charge is -2.03. The maximum atomic E-state index is 11.3. The van der Waals surface area contributed by atoms with E-state index in [1.54, 1.807) is 0 Å². The van der Waals surface area contributed by atoms with E-state index in [-0.39, 0.29) is 5.97 Å². The largest absolute Gasteiger partial charge is 0.466 e. The van der Waals surface area contributed by atoms with Crippen molar-refractivity contribution in [2.24, 2.45) is 0 Å². The first-order valence-electron chi connectivity index (χ1n) is 5.53. The van der Waals surface area contributed by atoms with Crippen LogP contribution in [0.25, 0.3) is 0 Å². The third-order valence-electron chi connectivity index (χ3n) is 2.17. The molecule has 0 aliphatic carbocycles. The SMILES string of the molecule is CCCCC/C=C(\CCC)C(=O)OC. The van der Waals surface area contributed by atoms with Crippen LogP contribution in [0.4, 0.5) is 0 Å². The Bertz CT molecular complexity index is 183. The van der Waals surface area contributed by atoms with Gasteiger partial charge in [-0.1, -0.05) is 39.2 Å². The minimum atomic E-state index is -0.164. The Morgan fingerprint density at radius 3 is 2.43 bits per heavy atom. The van der Waals surface area contributed by atoms with E-state index in [4.69, 9.17) is 4.74 Å². The number of unbranched alkanes of at least 4 members (excludes halogenated alkanes) is 3. The second-order valence-electron chi connectivity index (χ2n) is 3.47. The molecule has 0 saturated heterocycles. The number of rotatable bonds is 7. The van der Waals surface area contributed by atoms with Crippen LogP contribution >= 0.6 is 0 Å². The van der Waals surface area contributed by atoms with E-state index in [2.05, 4.69) is 13.8 Å². The Morgan fingerprint density at radius 2 is 1.93 bits per heavy atom. The molecule has 0 aliphatic heterocycles. The molecule has 0 spiro atoms. The molecule has 0 bridgehead atoms. The summed E-state index contributed by atoms with van der Waals surface area (Å²) < 4.78 is 4.71. The van der Waals surface area contributed by atoms with Crippen LogP contribution in [0.1, 0.15) is 52.4 Å². The Hall–Kier alpha value is -0.790. The highest BCUT2D eigenvalue weighted by molar-refractivity contribution is 5.88. The van der Waals surface area contributed by atoms with Gasteiger partial charge in [0.05, 0.1) is 7.11 Å². The highest BCUT2D eigenvalue weighted by Gasteiger charge is 2.06. The zero-order valence-electron chi connectivity index (χ0n) is 9.64. The van der Waals surface area contributed by atoms with Gasteiger partial charge >= 0.3 is 5.97 Å². The zero-order valence-corrected chi connectivity index (χ0v) is 9.64. The van der Waals surface area contributed by atoms with Crippen molar-refractivity contribution in [1.29, 1.82) is 0 Å². The maximum Gasteiger partial charge on any atom is 0.333 e. The number of hydrogen-bond acceptors (Lipinski definition) is 2. The van der Waals surface area contributed by atoms with E-state index in [0.717, 1.165) is 24.8 Å². The topological polar surface area (TPSA) is 26.3 Å². The average molecular weight is 198 g/mol. The maximum absolute atomic E-state index is 11.3. The number of methoxy groups -OCH3 is 1. The molecule has 82 valence electrons. The van der Waals surface area contributed by atoms with Crippen LogP contribution < -0.4 is 0 Å². The van der Waals surface area contributed by atoms with Gasteiger partial charge in [-0.3, -0.25) is 0 Å². The van der Waals surface area contributed by atoms with Crippen LogP contribution in [0, 0.1) is 0 Å². The second-order valence-corrected chi connectivity index (χ2v) is 3.47. The van der Waals surface area contributed by atoms with Gasteiger partial charge < -0.3 is 4.74 Å². The van der Waals surface area contributed by atoms with E-state index < -0.39 is 0 Å². The van der Waals surface area contributed by atoms with E-state index in [9.17, 15) is 4.79 Å². The van der Waals surface area contributed by atoms with Crippen LogP contribution in [0.3, 0.4) is 0 Å². The summed E-state index contributed by atoms with van der Waals surface area (Å²) in [6.45, 7) is 4.25. The Morgan fingerprint density at radius 1 is 1.21 bits per heavy atom. The lowest BCUT2D eigenvalue weighted by molar-refractivity contribution is -0.136. The van der Waals surface area contributed by atoms with Gasteiger partial charge in [0.25, 0.3) is 0 Å². The zero-order chi connectivity index (χ0) is 10.8. The fourth-order valence-corrected chi connectivity index (χ4v) is 1.36. The van der Waals surface area contributed by atoms with E-state index >= 15 is 0 Å². The van der Waals surface area contributed by atoms with Crippen molar-refractivity contribution >= 4 is 5.97 Å². The molecule has 0 unspecified atom stereocenters. The molecule has 2 nitrogen and oxygen atoms in total. The number of carbonyl (C=O) groups is 1. The minimum absolute atomic E-state index is 0.164. The number of ether oxygens (including phenoxy) is 1. The van der Waals surface area contributed by atoms with Gasteiger partial charge in [-0.25, -0.2) is 4.79 Å². The first-order valence-corrected chi connectivity index (χ1v) is 5.53. The Labute approximate surface area is 87.3 Å². The van der Waals surface area contributed by atoms with Gasteiger partial charge in [0.15, 0.2) is 0 Å². The highest BCUT2D eigenvalue weighted by atomic mass is 16.5. The number of esters is 1. The molecule has 0 radical (unpaired) electrons. The van der Waals surface area contributed by atoms with Gasteiger partial charge in [0.1, 0.15) is 0 Å².